The molecule has 1 aromatic rings. The zero-order chi connectivity index (χ0) is 12.0. The van der Waals surface area contributed by atoms with E-state index >= 15 is 0 Å². The van der Waals surface area contributed by atoms with Crippen LogP contribution in [-0.2, 0) is 4.79 Å². The van der Waals surface area contributed by atoms with Crippen LogP contribution in [-0.4, -0.2) is 18.6 Å². The van der Waals surface area contributed by atoms with Crippen LogP contribution < -0.4 is 14.8 Å². The van der Waals surface area contributed by atoms with Gasteiger partial charge in [-0.05, 0) is 41.3 Å². The van der Waals surface area contributed by atoms with Crippen molar-refractivity contribution in [3.8, 4) is 11.5 Å². The molecular formula is C12H12BrNO3. The van der Waals surface area contributed by atoms with Crippen LogP contribution in [0.1, 0.15) is 19.3 Å². The molecule has 1 N–H and O–H groups in total. The maximum absolute atomic E-state index is 12.0. The van der Waals surface area contributed by atoms with Crippen molar-refractivity contribution in [2.75, 3.05) is 12.4 Å². The molecule has 3 rings (SSSR count). The molecule has 1 spiro atoms. The van der Waals surface area contributed by atoms with Gasteiger partial charge in [0.1, 0.15) is 5.75 Å². The van der Waals surface area contributed by atoms with Gasteiger partial charge in [-0.2, -0.15) is 0 Å². The summed E-state index contributed by atoms with van der Waals surface area (Å²) in [6.45, 7) is 0. The summed E-state index contributed by atoms with van der Waals surface area (Å²) in [5.41, 5.74) is 0.0307. The van der Waals surface area contributed by atoms with Crippen LogP contribution in [0.4, 0.5) is 5.69 Å². The van der Waals surface area contributed by atoms with Gasteiger partial charge in [-0.25, -0.2) is 0 Å². The number of benzene rings is 1. The highest BCUT2D eigenvalue weighted by molar-refractivity contribution is 9.10. The highest BCUT2D eigenvalue weighted by Crippen LogP contribution is 2.47. The molecule has 0 radical (unpaired) electrons. The van der Waals surface area contributed by atoms with Crippen molar-refractivity contribution in [2.45, 2.75) is 24.9 Å². The van der Waals surface area contributed by atoms with Crippen LogP contribution in [0.25, 0.3) is 0 Å². The molecule has 0 unspecified atom stereocenters. The molecule has 0 atom stereocenters. The number of amides is 1. The van der Waals surface area contributed by atoms with E-state index < -0.39 is 5.60 Å². The molecule has 1 fully saturated rings. The van der Waals surface area contributed by atoms with Gasteiger partial charge in [0.25, 0.3) is 5.91 Å². The lowest BCUT2D eigenvalue weighted by Gasteiger charge is -2.43. The van der Waals surface area contributed by atoms with Gasteiger partial charge in [0, 0.05) is 6.07 Å². The van der Waals surface area contributed by atoms with Gasteiger partial charge in [0.15, 0.2) is 11.4 Å². The van der Waals surface area contributed by atoms with Crippen molar-refractivity contribution in [3.05, 3.63) is 16.6 Å². The van der Waals surface area contributed by atoms with E-state index in [1.807, 2.05) is 6.07 Å². The third-order valence-corrected chi connectivity index (χ3v) is 3.96. The molecule has 17 heavy (non-hydrogen) atoms. The molecule has 0 aromatic heterocycles. The minimum atomic E-state index is -0.635. The summed E-state index contributed by atoms with van der Waals surface area (Å²) < 4.78 is 11.8. The quantitative estimate of drug-likeness (QED) is 0.867. The van der Waals surface area contributed by atoms with E-state index in [-0.39, 0.29) is 5.91 Å². The fraction of sp³-hybridized carbons (Fsp3) is 0.417. The minimum absolute atomic E-state index is 0.0450. The lowest BCUT2D eigenvalue weighted by Crippen LogP contribution is -2.55. The molecule has 90 valence electrons. The van der Waals surface area contributed by atoms with E-state index in [1.165, 1.54) is 0 Å². The molecule has 1 heterocycles. The smallest absolute Gasteiger partial charge is 0.268 e. The molecule has 5 heteroatoms. The first-order valence-corrected chi connectivity index (χ1v) is 6.32. The minimum Gasteiger partial charge on any atom is -0.497 e. The Morgan fingerprint density at radius 3 is 2.82 bits per heavy atom. The topological polar surface area (TPSA) is 47.6 Å². The van der Waals surface area contributed by atoms with Crippen LogP contribution in [0.2, 0.25) is 0 Å². The summed E-state index contributed by atoms with van der Waals surface area (Å²) in [6, 6.07) is 3.60. The van der Waals surface area contributed by atoms with Crippen molar-refractivity contribution in [1.82, 2.24) is 0 Å². The largest absolute Gasteiger partial charge is 0.497 e. The van der Waals surface area contributed by atoms with Gasteiger partial charge in [0.05, 0.1) is 17.3 Å². The number of halogens is 1. The molecule has 1 amide bonds. The van der Waals surface area contributed by atoms with Crippen LogP contribution in [0.15, 0.2) is 16.6 Å². The average Bonchev–Trinajstić information content (AvgIpc) is 2.25. The Morgan fingerprint density at radius 2 is 2.24 bits per heavy atom. The number of carbonyl (C=O) groups is 1. The average molecular weight is 298 g/mol. The second kappa shape index (κ2) is 3.63. The predicted octanol–water partition coefficient (Wildman–Crippen LogP) is 2.71. The van der Waals surface area contributed by atoms with Gasteiger partial charge in [-0.3, -0.25) is 4.79 Å². The zero-order valence-electron chi connectivity index (χ0n) is 9.38. The number of nitrogens with one attached hydrogen (secondary N) is 1. The summed E-state index contributed by atoms with van der Waals surface area (Å²) in [6.07, 6.45) is 2.62. The summed E-state index contributed by atoms with van der Waals surface area (Å²) in [7, 11) is 1.59. The van der Waals surface area contributed by atoms with Gasteiger partial charge >= 0.3 is 0 Å². The number of hydrogen-bond donors (Lipinski definition) is 1. The Labute approximate surface area is 107 Å². The number of anilines is 1. The second-order valence-corrected chi connectivity index (χ2v) is 5.24. The molecule has 0 bridgehead atoms. The van der Waals surface area contributed by atoms with Crippen molar-refractivity contribution >= 4 is 27.5 Å². The van der Waals surface area contributed by atoms with Crippen LogP contribution in [0, 0.1) is 0 Å². The predicted molar refractivity (Wildman–Crippen MR) is 66.5 cm³/mol. The molecule has 1 aliphatic heterocycles. The number of ether oxygens (including phenoxy) is 2. The molecule has 1 saturated carbocycles. The van der Waals surface area contributed by atoms with Crippen LogP contribution >= 0.6 is 15.9 Å². The third-order valence-electron chi connectivity index (χ3n) is 3.37. The SMILES string of the molecule is COc1cc(Br)c2c(c1)NC(=O)C1(CCC1)O2. The van der Waals surface area contributed by atoms with Gasteiger partial charge < -0.3 is 14.8 Å². The van der Waals surface area contributed by atoms with Gasteiger partial charge in [-0.1, -0.05) is 0 Å². The van der Waals surface area contributed by atoms with E-state index in [4.69, 9.17) is 9.47 Å². The highest BCUT2D eigenvalue weighted by atomic mass is 79.9. The monoisotopic (exact) mass is 297 g/mol. The third kappa shape index (κ3) is 1.52. The van der Waals surface area contributed by atoms with Crippen LogP contribution in [0.5, 0.6) is 11.5 Å². The lowest BCUT2D eigenvalue weighted by atomic mass is 9.78. The number of carbonyl (C=O) groups excluding carboxylic acids is 1. The number of rotatable bonds is 1. The summed E-state index contributed by atoms with van der Waals surface area (Å²) >= 11 is 3.44. The first kappa shape index (κ1) is 10.9. The highest BCUT2D eigenvalue weighted by Gasteiger charge is 2.50. The molecule has 4 nitrogen and oxygen atoms in total. The lowest BCUT2D eigenvalue weighted by molar-refractivity contribution is -0.140. The molecular weight excluding hydrogens is 286 g/mol. The second-order valence-electron chi connectivity index (χ2n) is 4.39. The van der Waals surface area contributed by atoms with E-state index in [1.54, 1.807) is 13.2 Å². The maximum Gasteiger partial charge on any atom is 0.268 e. The Morgan fingerprint density at radius 1 is 1.47 bits per heavy atom. The Bertz CT molecular complexity index is 497. The Kier molecular flexibility index (Phi) is 2.33. The van der Waals surface area contributed by atoms with E-state index in [9.17, 15) is 4.79 Å². The van der Waals surface area contributed by atoms with E-state index in [2.05, 4.69) is 21.2 Å². The normalized spacial score (nSPS) is 20.0. The van der Waals surface area contributed by atoms with Crippen molar-refractivity contribution in [3.63, 3.8) is 0 Å². The van der Waals surface area contributed by atoms with Crippen molar-refractivity contribution in [1.29, 1.82) is 0 Å². The number of hydrogen-bond acceptors (Lipinski definition) is 3. The summed E-state index contributed by atoms with van der Waals surface area (Å²) in [5, 5.41) is 2.89. The van der Waals surface area contributed by atoms with Crippen molar-refractivity contribution in [2.24, 2.45) is 0 Å². The Hall–Kier alpha value is -1.23. The van der Waals surface area contributed by atoms with Gasteiger partial charge in [0.2, 0.25) is 0 Å². The Balaban J connectivity index is 2.05. The summed E-state index contributed by atoms with van der Waals surface area (Å²) in [5.74, 6) is 1.34. The fourth-order valence-corrected chi connectivity index (χ4v) is 2.71. The maximum atomic E-state index is 12.0. The zero-order valence-corrected chi connectivity index (χ0v) is 11.0. The standard InChI is InChI=1S/C12H12BrNO3/c1-16-7-5-8(13)10-9(6-7)14-11(15)12(17-10)3-2-4-12/h5-6H,2-4H2,1H3,(H,14,15). The number of fused-ring (bicyclic) bond motifs is 1. The summed E-state index contributed by atoms with van der Waals surface area (Å²) in [4.78, 5) is 12.0. The van der Waals surface area contributed by atoms with E-state index in [0.717, 1.165) is 23.7 Å². The van der Waals surface area contributed by atoms with Gasteiger partial charge in [-0.15, -0.1) is 0 Å². The molecule has 1 aromatic carbocycles. The first-order chi connectivity index (χ1) is 8.14. The van der Waals surface area contributed by atoms with E-state index in [0.29, 0.717) is 17.2 Å². The van der Waals surface area contributed by atoms with Crippen molar-refractivity contribution < 1.29 is 14.3 Å². The molecule has 1 aliphatic carbocycles. The molecule has 2 aliphatic rings. The van der Waals surface area contributed by atoms with Crippen LogP contribution in [0.3, 0.4) is 0 Å². The molecule has 0 saturated heterocycles. The number of methoxy groups -OCH3 is 1. The fourth-order valence-electron chi connectivity index (χ4n) is 2.19. The first-order valence-electron chi connectivity index (χ1n) is 5.53.